The molecule has 3 nitrogen and oxygen atoms in total. The van der Waals surface area contributed by atoms with Crippen LogP contribution in [0, 0.1) is 5.82 Å². The topological polar surface area (TPSA) is 61.3 Å². The Morgan fingerprint density at radius 2 is 1.87 bits per heavy atom. The maximum Gasteiger partial charge on any atom is 0.573 e. The predicted molar refractivity (Wildman–Crippen MR) is 45.4 cm³/mol. The summed E-state index contributed by atoms with van der Waals surface area (Å²) in [4.78, 5) is 0. The van der Waals surface area contributed by atoms with Gasteiger partial charge in [0.2, 0.25) is 0 Å². The summed E-state index contributed by atoms with van der Waals surface area (Å²) >= 11 is 0. The van der Waals surface area contributed by atoms with Gasteiger partial charge in [0.1, 0.15) is 0 Å². The molecule has 84 valence electrons. The van der Waals surface area contributed by atoms with Crippen molar-refractivity contribution in [1.29, 1.82) is 0 Å². The lowest BCUT2D eigenvalue weighted by Gasteiger charge is -2.13. The van der Waals surface area contributed by atoms with E-state index in [1.807, 2.05) is 0 Å². The highest BCUT2D eigenvalue weighted by Crippen LogP contribution is 2.32. The standard InChI is InChI=1S/C8H8F4N2O/c9-6-4(3-13)1-2-5(14)7(6)15-8(10,11)12/h1-2H,3,13-14H2. The number of benzene rings is 1. The Labute approximate surface area is 82.6 Å². The minimum atomic E-state index is -4.98. The number of hydrogen-bond acceptors (Lipinski definition) is 3. The van der Waals surface area contributed by atoms with Crippen molar-refractivity contribution in [3.8, 4) is 5.75 Å². The number of ether oxygens (including phenoxy) is 1. The fraction of sp³-hybridized carbons (Fsp3) is 0.250. The van der Waals surface area contributed by atoms with Gasteiger partial charge in [-0.2, -0.15) is 0 Å². The summed E-state index contributed by atoms with van der Waals surface area (Å²) in [5.74, 6) is -2.22. The smallest absolute Gasteiger partial charge is 0.400 e. The molecule has 1 aromatic carbocycles. The van der Waals surface area contributed by atoms with Crippen LogP contribution in [0.15, 0.2) is 12.1 Å². The summed E-state index contributed by atoms with van der Waals surface area (Å²) in [6.07, 6.45) is -4.98. The lowest BCUT2D eigenvalue weighted by atomic mass is 10.2. The van der Waals surface area contributed by atoms with Crippen LogP contribution in [-0.4, -0.2) is 6.36 Å². The fourth-order valence-corrected chi connectivity index (χ4v) is 0.989. The van der Waals surface area contributed by atoms with Crippen molar-refractivity contribution in [1.82, 2.24) is 0 Å². The second kappa shape index (κ2) is 3.93. The molecule has 1 rings (SSSR count). The van der Waals surface area contributed by atoms with E-state index >= 15 is 0 Å². The number of anilines is 1. The van der Waals surface area contributed by atoms with Gasteiger partial charge in [-0.05, 0) is 6.07 Å². The fourth-order valence-electron chi connectivity index (χ4n) is 0.989. The lowest BCUT2D eigenvalue weighted by molar-refractivity contribution is -0.275. The van der Waals surface area contributed by atoms with E-state index < -0.39 is 23.6 Å². The highest BCUT2D eigenvalue weighted by molar-refractivity contribution is 5.55. The van der Waals surface area contributed by atoms with Crippen LogP contribution in [0.25, 0.3) is 0 Å². The minimum Gasteiger partial charge on any atom is -0.400 e. The highest BCUT2D eigenvalue weighted by Gasteiger charge is 2.33. The van der Waals surface area contributed by atoms with Crippen molar-refractivity contribution in [2.75, 3.05) is 5.73 Å². The first-order valence-electron chi connectivity index (χ1n) is 3.88. The number of halogens is 4. The van der Waals surface area contributed by atoms with Crippen molar-refractivity contribution in [3.63, 3.8) is 0 Å². The molecule has 0 fully saturated rings. The Bertz CT molecular complexity index is 364. The molecular formula is C8H8F4N2O. The SMILES string of the molecule is NCc1ccc(N)c(OC(F)(F)F)c1F. The van der Waals surface area contributed by atoms with Gasteiger partial charge < -0.3 is 16.2 Å². The molecule has 0 aliphatic rings. The quantitative estimate of drug-likeness (QED) is 0.594. The number of alkyl halides is 3. The molecule has 0 amide bonds. The van der Waals surface area contributed by atoms with Crippen molar-refractivity contribution in [3.05, 3.63) is 23.5 Å². The van der Waals surface area contributed by atoms with Gasteiger partial charge in [0, 0.05) is 12.1 Å². The normalized spacial score (nSPS) is 11.5. The third kappa shape index (κ3) is 2.72. The van der Waals surface area contributed by atoms with Gasteiger partial charge in [0.25, 0.3) is 0 Å². The average molecular weight is 224 g/mol. The lowest BCUT2D eigenvalue weighted by Crippen LogP contribution is -2.19. The van der Waals surface area contributed by atoms with Gasteiger partial charge in [-0.25, -0.2) is 4.39 Å². The molecule has 0 saturated carbocycles. The minimum absolute atomic E-state index is 0.0940. The van der Waals surface area contributed by atoms with Crippen LogP contribution in [0.4, 0.5) is 23.2 Å². The van der Waals surface area contributed by atoms with Crippen LogP contribution >= 0.6 is 0 Å². The Morgan fingerprint density at radius 1 is 1.27 bits per heavy atom. The van der Waals surface area contributed by atoms with E-state index in [1.54, 1.807) is 0 Å². The maximum absolute atomic E-state index is 13.3. The molecule has 0 radical (unpaired) electrons. The van der Waals surface area contributed by atoms with Gasteiger partial charge in [-0.3, -0.25) is 0 Å². The summed E-state index contributed by atoms with van der Waals surface area (Å²) in [6.45, 7) is -0.236. The Balaban J connectivity index is 3.15. The van der Waals surface area contributed by atoms with Crippen molar-refractivity contribution >= 4 is 5.69 Å². The van der Waals surface area contributed by atoms with E-state index in [0.717, 1.165) is 6.07 Å². The van der Waals surface area contributed by atoms with Gasteiger partial charge in [0.05, 0.1) is 5.69 Å². The molecule has 15 heavy (non-hydrogen) atoms. The third-order valence-electron chi connectivity index (χ3n) is 1.65. The number of rotatable bonds is 2. The van der Waals surface area contributed by atoms with E-state index in [-0.39, 0.29) is 12.1 Å². The Kier molecular flexibility index (Phi) is 3.04. The van der Waals surface area contributed by atoms with Crippen molar-refractivity contribution in [2.45, 2.75) is 12.9 Å². The second-order valence-electron chi connectivity index (χ2n) is 2.71. The van der Waals surface area contributed by atoms with E-state index in [2.05, 4.69) is 4.74 Å². The molecule has 0 aliphatic heterocycles. The molecule has 0 spiro atoms. The molecule has 0 unspecified atom stereocenters. The summed E-state index contributed by atoms with van der Waals surface area (Å²) in [5.41, 5.74) is 9.74. The third-order valence-corrected chi connectivity index (χ3v) is 1.65. The molecule has 0 bridgehead atoms. The molecule has 0 saturated heterocycles. The molecule has 0 aromatic heterocycles. The molecule has 0 aliphatic carbocycles. The zero-order valence-electron chi connectivity index (χ0n) is 7.44. The highest BCUT2D eigenvalue weighted by atomic mass is 19.4. The van der Waals surface area contributed by atoms with Crippen molar-refractivity contribution in [2.24, 2.45) is 5.73 Å². The van der Waals surface area contributed by atoms with Gasteiger partial charge in [-0.15, -0.1) is 13.2 Å². The van der Waals surface area contributed by atoms with Gasteiger partial charge in [-0.1, -0.05) is 6.07 Å². The van der Waals surface area contributed by atoms with E-state index in [4.69, 9.17) is 11.5 Å². The number of hydrogen-bond donors (Lipinski definition) is 2. The van der Waals surface area contributed by atoms with Crippen LogP contribution in [0.3, 0.4) is 0 Å². The van der Waals surface area contributed by atoms with Gasteiger partial charge in [0.15, 0.2) is 11.6 Å². The Morgan fingerprint density at radius 3 is 2.33 bits per heavy atom. The molecule has 0 atom stereocenters. The first kappa shape index (κ1) is 11.6. The van der Waals surface area contributed by atoms with E-state index in [0.29, 0.717) is 0 Å². The second-order valence-corrected chi connectivity index (χ2v) is 2.71. The van der Waals surface area contributed by atoms with E-state index in [1.165, 1.54) is 6.07 Å². The summed E-state index contributed by atoms with van der Waals surface area (Å²) in [5, 5.41) is 0. The zero-order chi connectivity index (χ0) is 11.6. The average Bonchev–Trinajstić information content (AvgIpc) is 2.11. The number of nitrogen functional groups attached to an aromatic ring is 1. The predicted octanol–water partition coefficient (Wildman–Crippen LogP) is 1.77. The van der Waals surface area contributed by atoms with E-state index in [9.17, 15) is 17.6 Å². The molecular weight excluding hydrogens is 216 g/mol. The Hall–Kier alpha value is -1.50. The van der Waals surface area contributed by atoms with Crippen LogP contribution in [-0.2, 0) is 6.54 Å². The van der Waals surface area contributed by atoms with Crippen LogP contribution < -0.4 is 16.2 Å². The first-order valence-corrected chi connectivity index (χ1v) is 3.88. The van der Waals surface area contributed by atoms with Crippen molar-refractivity contribution < 1.29 is 22.3 Å². The molecule has 1 aromatic rings. The zero-order valence-corrected chi connectivity index (χ0v) is 7.44. The van der Waals surface area contributed by atoms with Crippen LogP contribution in [0.2, 0.25) is 0 Å². The maximum atomic E-state index is 13.3. The largest absolute Gasteiger partial charge is 0.573 e. The van der Waals surface area contributed by atoms with Crippen LogP contribution in [0.5, 0.6) is 5.75 Å². The summed E-state index contributed by atoms with van der Waals surface area (Å²) < 4.78 is 52.3. The summed E-state index contributed by atoms with van der Waals surface area (Å²) in [7, 11) is 0. The van der Waals surface area contributed by atoms with Gasteiger partial charge >= 0.3 is 6.36 Å². The first-order chi connectivity index (χ1) is 6.85. The molecule has 0 heterocycles. The monoisotopic (exact) mass is 224 g/mol. The molecule has 4 N–H and O–H groups in total. The molecule has 7 heteroatoms. The number of nitrogens with two attached hydrogens (primary N) is 2. The summed E-state index contributed by atoms with van der Waals surface area (Å²) in [6, 6.07) is 2.31. The van der Waals surface area contributed by atoms with Crippen LogP contribution in [0.1, 0.15) is 5.56 Å².